The molecule has 3 rings (SSSR count). The fourth-order valence-electron chi connectivity index (χ4n) is 2.00. The second kappa shape index (κ2) is 6.44. The monoisotopic (exact) mass is 352 g/mol. The van der Waals surface area contributed by atoms with Crippen LogP contribution in [0.15, 0.2) is 48.1 Å². The van der Waals surface area contributed by atoms with Gasteiger partial charge in [-0.15, -0.1) is 11.3 Å². The smallest absolute Gasteiger partial charge is 0.302 e. The molecule has 0 aliphatic rings. The van der Waals surface area contributed by atoms with E-state index < -0.39 is 17.8 Å². The molecule has 1 amide bonds. The molecule has 0 fully saturated rings. The van der Waals surface area contributed by atoms with Crippen molar-refractivity contribution in [1.82, 2.24) is 14.8 Å². The Kier molecular flexibility index (Phi) is 4.34. The van der Waals surface area contributed by atoms with Gasteiger partial charge < -0.3 is 5.32 Å². The summed E-state index contributed by atoms with van der Waals surface area (Å²) >= 11 is 0.741. The molecule has 1 aromatic carbocycles. The number of alkyl halides is 3. The Labute approximate surface area is 138 Å². The highest BCUT2D eigenvalue weighted by atomic mass is 32.1. The van der Waals surface area contributed by atoms with Crippen LogP contribution in [0.3, 0.4) is 0 Å². The quantitative estimate of drug-likeness (QED) is 0.781. The average Bonchev–Trinajstić information content (AvgIpc) is 3.18. The van der Waals surface area contributed by atoms with Crippen LogP contribution in [0.5, 0.6) is 0 Å². The Balaban J connectivity index is 1.61. The van der Waals surface area contributed by atoms with E-state index in [0.717, 1.165) is 28.0 Å². The van der Waals surface area contributed by atoms with Crippen molar-refractivity contribution in [3.05, 3.63) is 59.4 Å². The van der Waals surface area contributed by atoms with Crippen molar-refractivity contribution in [3.8, 4) is 5.69 Å². The van der Waals surface area contributed by atoms with E-state index in [-0.39, 0.29) is 11.6 Å². The van der Waals surface area contributed by atoms with Crippen molar-refractivity contribution in [2.75, 3.05) is 5.32 Å². The normalized spacial score (nSPS) is 11.5. The lowest BCUT2D eigenvalue weighted by atomic mass is 10.1. The van der Waals surface area contributed by atoms with Crippen LogP contribution >= 0.6 is 11.3 Å². The zero-order valence-electron chi connectivity index (χ0n) is 12.1. The summed E-state index contributed by atoms with van der Waals surface area (Å²) in [5, 5.41) is 7.27. The number of benzene rings is 1. The predicted molar refractivity (Wildman–Crippen MR) is 83.0 cm³/mol. The van der Waals surface area contributed by atoms with Gasteiger partial charge in [0, 0.05) is 17.8 Å². The summed E-state index contributed by atoms with van der Waals surface area (Å²) in [6.07, 6.45) is -1.02. The van der Waals surface area contributed by atoms with Gasteiger partial charge in [-0.3, -0.25) is 4.79 Å². The molecule has 5 nitrogen and oxygen atoms in total. The number of hydrogen-bond donors (Lipinski definition) is 1. The van der Waals surface area contributed by atoms with Gasteiger partial charge in [0.1, 0.15) is 0 Å². The number of nitrogens with one attached hydrogen (secondary N) is 1. The molecule has 0 saturated carbocycles. The Morgan fingerprint density at radius 1 is 1.25 bits per heavy atom. The number of nitrogens with zero attached hydrogens (tertiary/aromatic N) is 3. The zero-order chi connectivity index (χ0) is 17.2. The lowest BCUT2D eigenvalue weighted by Gasteiger charge is -2.05. The molecule has 24 heavy (non-hydrogen) atoms. The Morgan fingerprint density at radius 3 is 2.58 bits per heavy atom. The van der Waals surface area contributed by atoms with Crippen LogP contribution in [0.1, 0.15) is 11.3 Å². The standard InChI is InChI=1S/C15H11F3N4OS/c16-15(17,18)12-9-24-14(20-12)21-13(23)8-10-2-4-11(5-3-10)22-7-1-6-19-22/h1-7,9H,8H2,(H,20,21,23). The summed E-state index contributed by atoms with van der Waals surface area (Å²) in [6, 6.07) is 8.94. The van der Waals surface area contributed by atoms with Crippen molar-refractivity contribution < 1.29 is 18.0 Å². The summed E-state index contributed by atoms with van der Waals surface area (Å²) < 4.78 is 39.1. The van der Waals surface area contributed by atoms with Crippen molar-refractivity contribution in [3.63, 3.8) is 0 Å². The lowest BCUT2D eigenvalue weighted by Crippen LogP contribution is -2.15. The van der Waals surface area contributed by atoms with Gasteiger partial charge >= 0.3 is 6.18 Å². The summed E-state index contributed by atoms with van der Waals surface area (Å²) in [5.41, 5.74) is 0.571. The van der Waals surface area contributed by atoms with Crippen LogP contribution in [0.2, 0.25) is 0 Å². The molecule has 9 heteroatoms. The number of amides is 1. The highest BCUT2D eigenvalue weighted by molar-refractivity contribution is 7.13. The van der Waals surface area contributed by atoms with Crippen molar-refractivity contribution >= 4 is 22.4 Å². The topological polar surface area (TPSA) is 59.8 Å². The number of halogens is 3. The lowest BCUT2D eigenvalue weighted by molar-refractivity contribution is -0.140. The van der Waals surface area contributed by atoms with Gasteiger partial charge in [-0.25, -0.2) is 9.67 Å². The van der Waals surface area contributed by atoms with Crippen LogP contribution in [0.4, 0.5) is 18.3 Å². The van der Waals surface area contributed by atoms with Crippen LogP contribution in [0.25, 0.3) is 5.69 Å². The summed E-state index contributed by atoms with van der Waals surface area (Å²) in [5.74, 6) is -0.426. The van der Waals surface area contributed by atoms with Crippen molar-refractivity contribution in [2.24, 2.45) is 0 Å². The van der Waals surface area contributed by atoms with E-state index in [1.54, 1.807) is 47.4 Å². The number of rotatable bonds is 4. The molecule has 2 aromatic heterocycles. The maximum Gasteiger partial charge on any atom is 0.434 e. The van der Waals surface area contributed by atoms with E-state index in [9.17, 15) is 18.0 Å². The van der Waals surface area contributed by atoms with Gasteiger partial charge in [0.05, 0.1) is 12.1 Å². The van der Waals surface area contributed by atoms with Crippen molar-refractivity contribution in [1.29, 1.82) is 0 Å². The van der Waals surface area contributed by atoms with Crippen LogP contribution in [-0.4, -0.2) is 20.7 Å². The average molecular weight is 352 g/mol. The molecule has 0 aliphatic heterocycles. The molecular formula is C15H11F3N4OS. The first-order valence-electron chi connectivity index (χ1n) is 6.83. The van der Waals surface area contributed by atoms with Gasteiger partial charge in [-0.05, 0) is 23.8 Å². The Morgan fingerprint density at radius 2 is 2.00 bits per heavy atom. The minimum atomic E-state index is -4.51. The van der Waals surface area contributed by atoms with Gasteiger partial charge in [0.25, 0.3) is 0 Å². The zero-order valence-corrected chi connectivity index (χ0v) is 12.9. The SMILES string of the molecule is O=C(Cc1ccc(-n2cccn2)cc1)Nc1nc(C(F)(F)F)cs1. The molecule has 0 saturated heterocycles. The predicted octanol–water partition coefficient (Wildman–Crippen LogP) is 3.53. The molecule has 0 unspecified atom stereocenters. The second-order valence-electron chi connectivity index (χ2n) is 4.88. The van der Waals surface area contributed by atoms with Gasteiger partial charge in [-0.2, -0.15) is 18.3 Å². The summed E-state index contributed by atoms with van der Waals surface area (Å²) in [7, 11) is 0. The largest absolute Gasteiger partial charge is 0.434 e. The minimum absolute atomic E-state index is 0.0420. The van der Waals surface area contributed by atoms with Gasteiger partial charge in [0.15, 0.2) is 10.8 Å². The first-order valence-corrected chi connectivity index (χ1v) is 7.71. The van der Waals surface area contributed by atoms with Gasteiger partial charge in [0.2, 0.25) is 5.91 Å². The second-order valence-corrected chi connectivity index (χ2v) is 5.74. The molecule has 0 radical (unpaired) electrons. The van der Waals surface area contributed by atoms with Crippen LogP contribution in [-0.2, 0) is 17.4 Å². The third-order valence-electron chi connectivity index (χ3n) is 3.11. The molecule has 3 aromatic rings. The number of thiazole rings is 1. The number of carbonyl (C=O) groups excluding carboxylic acids is 1. The molecule has 0 aliphatic carbocycles. The summed E-state index contributed by atoms with van der Waals surface area (Å²) in [6.45, 7) is 0. The molecule has 0 atom stereocenters. The highest BCUT2D eigenvalue weighted by Crippen LogP contribution is 2.31. The van der Waals surface area contributed by atoms with Gasteiger partial charge in [-0.1, -0.05) is 12.1 Å². The van der Waals surface area contributed by atoms with E-state index in [2.05, 4.69) is 15.4 Å². The first kappa shape index (κ1) is 16.2. The number of anilines is 1. The first-order chi connectivity index (χ1) is 11.4. The fraction of sp³-hybridized carbons (Fsp3) is 0.133. The fourth-order valence-corrected chi connectivity index (χ4v) is 2.73. The molecule has 2 heterocycles. The Hall–Kier alpha value is -2.68. The molecule has 0 spiro atoms. The third-order valence-corrected chi connectivity index (χ3v) is 3.87. The third kappa shape index (κ3) is 3.80. The van der Waals surface area contributed by atoms with Crippen LogP contribution < -0.4 is 5.32 Å². The van der Waals surface area contributed by atoms with E-state index >= 15 is 0 Å². The molecule has 124 valence electrons. The summed E-state index contributed by atoms with van der Waals surface area (Å²) in [4.78, 5) is 15.3. The number of aromatic nitrogens is 3. The highest BCUT2D eigenvalue weighted by Gasteiger charge is 2.33. The molecule has 1 N–H and O–H groups in total. The van der Waals surface area contributed by atoms with E-state index in [1.165, 1.54) is 0 Å². The maximum atomic E-state index is 12.5. The van der Waals surface area contributed by atoms with Crippen molar-refractivity contribution in [2.45, 2.75) is 12.6 Å². The Bertz CT molecular complexity index is 825. The molecule has 0 bridgehead atoms. The van der Waals surface area contributed by atoms with E-state index in [1.807, 2.05) is 0 Å². The molecular weight excluding hydrogens is 341 g/mol. The number of hydrogen-bond acceptors (Lipinski definition) is 4. The number of carbonyl (C=O) groups is 1. The van der Waals surface area contributed by atoms with E-state index in [0.29, 0.717) is 0 Å². The maximum absolute atomic E-state index is 12.5. The van der Waals surface area contributed by atoms with E-state index in [4.69, 9.17) is 0 Å². The minimum Gasteiger partial charge on any atom is -0.302 e. The van der Waals surface area contributed by atoms with Crippen LogP contribution in [0, 0.1) is 0 Å².